The fourth-order valence-corrected chi connectivity index (χ4v) is 1.69. The van der Waals surface area contributed by atoms with Gasteiger partial charge in [-0.3, -0.25) is 4.79 Å². The highest BCUT2D eigenvalue weighted by molar-refractivity contribution is 5.88. The molecule has 0 saturated heterocycles. The van der Waals surface area contributed by atoms with Crippen molar-refractivity contribution in [3.8, 4) is 22.6 Å². The summed E-state index contributed by atoms with van der Waals surface area (Å²) in [6.07, 6.45) is 0.790. The van der Waals surface area contributed by atoms with Crippen LogP contribution in [0.5, 0.6) is 11.5 Å². The number of benzene rings is 2. The lowest BCUT2D eigenvalue weighted by molar-refractivity contribution is 0.112. The maximum absolute atomic E-state index is 11.0. The third-order valence-corrected chi connectivity index (χ3v) is 2.54. The Hall–Kier alpha value is -2.29. The van der Waals surface area contributed by atoms with Gasteiger partial charge in [-0.05, 0) is 41.5 Å². The van der Waals surface area contributed by atoms with Gasteiger partial charge in [0.15, 0.2) is 6.29 Å². The molecule has 3 heteroatoms. The predicted molar refractivity (Wildman–Crippen MR) is 65.5 cm³/mol. The highest BCUT2D eigenvalue weighted by Crippen LogP contribution is 2.29. The first-order valence-corrected chi connectivity index (χ1v) is 5.17. The Balaban J connectivity index is 2.59. The molecular weight excluding hydrogens is 216 g/mol. The van der Waals surface area contributed by atoms with E-state index >= 15 is 0 Å². The molecule has 0 aliphatic rings. The molecule has 0 amide bonds. The summed E-state index contributed by atoms with van der Waals surface area (Å²) in [5.74, 6) is 0.844. The zero-order valence-corrected chi connectivity index (χ0v) is 9.38. The van der Waals surface area contributed by atoms with Crippen LogP contribution in [0.25, 0.3) is 11.1 Å². The third kappa shape index (κ3) is 2.28. The third-order valence-electron chi connectivity index (χ3n) is 2.54. The van der Waals surface area contributed by atoms with Crippen LogP contribution in [0.2, 0.25) is 0 Å². The lowest BCUT2D eigenvalue weighted by Crippen LogP contribution is -1.90. The molecule has 0 atom stereocenters. The van der Waals surface area contributed by atoms with Gasteiger partial charge < -0.3 is 9.84 Å². The summed E-state index contributed by atoms with van der Waals surface area (Å²) < 4.78 is 5.13. The summed E-state index contributed by atoms with van der Waals surface area (Å²) >= 11 is 0. The van der Waals surface area contributed by atoms with Gasteiger partial charge in [-0.15, -0.1) is 0 Å². The zero-order chi connectivity index (χ0) is 12.3. The van der Waals surface area contributed by atoms with Crippen molar-refractivity contribution in [2.75, 3.05) is 7.11 Å². The summed E-state index contributed by atoms with van der Waals surface area (Å²) in [6, 6.07) is 12.0. The molecule has 0 heterocycles. The molecule has 0 spiro atoms. The van der Waals surface area contributed by atoms with E-state index in [1.54, 1.807) is 43.5 Å². The van der Waals surface area contributed by atoms with Gasteiger partial charge >= 0.3 is 0 Å². The van der Waals surface area contributed by atoms with E-state index in [0.29, 0.717) is 11.3 Å². The van der Waals surface area contributed by atoms with E-state index in [4.69, 9.17) is 4.74 Å². The van der Waals surface area contributed by atoms with Gasteiger partial charge in [0, 0.05) is 5.56 Å². The van der Waals surface area contributed by atoms with E-state index in [1.165, 1.54) is 0 Å². The Morgan fingerprint density at radius 2 is 2.00 bits per heavy atom. The van der Waals surface area contributed by atoms with Crippen molar-refractivity contribution in [3.63, 3.8) is 0 Å². The van der Waals surface area contributed by atoms with Gasteiger partial charge in [-0.25, -0.2) is 0 Å². The van der Waals surface area contributed by atoms with Crippen molar-refractivity contribution in [1.82, 2.24) is 0 Å². The number of carbonyl (C=O) groups excluding carboxylic acids is 1. The van der Waals surface area contributed by atoms with Crippen LogP contribution < -0.4 is 4.74 Å². The van der Waals surface area contributed by atoms with Crippen molar-refractivity contribution in [3.05, 3.63) is 48.0 Å². The molecule has 0 saturated carbocycles. The van der Waals surface area contributed by atoms with Crippen LogP contribution in [-0.2, 0) is 0 Å². The highest BCUT2D eigenvalue weighted by atomic mass is 16.5. The van der Waals surface area contributed by atoms with Gasteiger partial charge in [0.2, 0.25) is 0 Å². The monoisotopic (exact) mass is 228 g/mol. The van der Waals surface area contributed by atoms with Crippen LogP contribution in [0, 0.1) is 0 Å². The summed E-state index contributed by atoms with van der Waals surface area (Å²) in [6.45, 7) is 0. The van der Waals surface area contributed by atoms with Gasteiger partial charge in [0.05, 0.1) is 7.11 Å². The molecule has 1 N–H and O–H groups in total. The van der Waals surface area contributed by atoms with Gasteiger partial charge in [0.1, 0.15) is 11.5 Å². The Morgan fingerprint density at radius 1 is 1.18 bits per heavy atom. The number of carbonyl (C=O) groups is 1. The van der Waals surface area contributed by atoms with Crippen LogP contribution in [0.15, 0.2) is 42.5 Å². The quantitative estimate of drug-likeness (QED) is 0.821. The number of hydrogen-bond acceptors (Lipinski definition) is 3. The molecule has 0 aromatic heterocycles. The molecular formula is C14H12O3. The molecule has 2 aromatic carbocycles. The largest absolute Gasteiger partial charge is 0.508 e. The smallest absolute Gasteiger partial charge is 0.150 e. The topological polar surface area (TPSA) is 46.5 Å². The fourth-order valence-electron chi connectivity index (χ4n) is 1.69. The standard InChI is InChI=1S/C14H12O3/c1-17-13-6-5-11(9-15)14(8-13)10-3-2-4-12(16)7-10/h2-9,16H,1H3. The van der Waals surface area contributed by atoms with Crippen LogP contribution in [0.3, 0.4) is 0 Å². The molecule has 0 radical (unpaired) electrons. The second-order valence-electron chi connectivity index (χ2n) is 3.62. The van der Waals surface area contributed by atoms with E-state index in [1.807, 2.05) is 6.07 Å². The molecule has 3 nitrogen and oxygen atoms in total. The van der Waals surface area contributed by atoms with Crippen molar-refractivity contribution < 1.29 is 14.6 Å². The average Bonchev–Trinajstić information content (AvgIpc) is 2.38. The summed E-state index contributed by atoms with van der Waals surface area (Å²) in [5.41, 5.74) is 2.10. The van der Waals surface area contributed by atoms with Crippen molar-refractivity contribution in [1.29, 1.82) is 0 Å². The van der Waals surface area contributed by atoms with Crippen LogP contribution >= 0.6 is 0 Å². The Kier molecular flexibility index (Phi) is 3.10. The number of phenols is 1. The number of ether oxygens (including phenoxy) is 1. The number of rotatable bonds is 3. The van der Waals surface area contributed by atoms with Gasteiger partial charge in [0.25, 0.3) is 0 Å². The molecule has 17 heavy (non-hydrogen) atoms. The van der Waals surface area contributed by atoms with Crippen molar-refractivity contribution >= 4 is 6.29 Å². The average molecular weight is 228 g/mol. The molecule has 2 rings (SSSR count). The lowest BCUT2D eigenvalue weighted by atomic mass is 10.00. The number of methoxy groups -OCH3 is 1. The molecule has 0 aliphatic heterocycles. The van der Waals surface area contributed by atoms with E-state index in [9.17, 15) is 9.90 Å². The number of aldehydes is 1. The van der Waals surface area contributed by atoms with E-state index < -0.39 is 0 Å². The second-order valence-corrected chi connectivity index (χ2v) is 3.62. The SMILES string of the molecule is COc1ccc(C=O)c(-c2cccc(O)c2)c1. The van der Waals surface area contributed by atoms with Crippen molar-refractivity contribution in [2.45, 2.75) is 0 Å². The van der Waals surface area contributed by atoms with Crippen molar-refractivity contribution in [2.24, 2.45) is 0 Å². The maximum atomic E-state index is 11.0. The number of phenolic OH excluding ortho intramolecular Hbond substituents is 1. The fraction of sp³-hybridized carbons (Fsp3) is 0.0714. The first kappa shape index (κ1) is 11.2. The molecule has 0 fully saturated rings. The summed E-state index contributed by atoms with van der Waals surface area (Å²) in [7, 11) is 1.57. The minimum Gasteiger partial charge on any atom is -0.508 e. The first-order chi connectivity index (χ1) is 8.24. The number of aromatic hydroxyl groups is 1. The Bertz CT molecular complexity index is 547. The highest BCUT2D eigenvalue weighted by Gasteiger charge is 2.06. The Morgan fingerprint density at radius 3 is 2.65 bits per heavy atom. The predicted octanol–water partition coefficient (Wildman–Crippen LogP) is 2.88. The van der Waals surface area contributed by atoms with E-state index in [2.05, 4.69) is 0 Å². The maximum Gasteiger partial charge on any atom is 0.150 e. The first-order valence-electron chi connectivity index (χ1n) is 5.17. The van der Waals surface area contributed by atoms with Crippen LogP contribution in [0.1, 0.15) is 10.4 Å². The van der Waals surface area contributed by atoms with Crippen LogP contribution in [0.4, 0.5) is 0 Å². The van der Waals surface area contributed by atoms with E-state index in [0.717, 1.165) is 17.4 Å². The molecule has 0 bridgehead atoms. The zero-order valence-electron chi connectivity index (χ0n) is 9.38. The Labute approximate surface area is 99.3 Å². The molecule has 0 aliphatic carbocycles. The van der Waals surface area contributed by atoms with Crippen LogP contribution in [-0.4, -0.2) is 18.5 Å². The second kappa shape index (κ2) is 4.70. The minimum absolute atomic E-state index is 0.169. The van der Waals surface area contributed by atoms with Gasteiger partial charge in [-0.2, -0.15) is 0 Å². The molecule has 86 valence electrons. The van der Waals surface area contributed by atoms with E-state index in [-0.39, 0.29) is 5.75 Å². The summed E-state index contributed by atoms with van der Waals surface area (Å²) in [5, 5.41) is 9.44. The summed E-state index contributed by atoms with van der Waals surface area (Å²) in [4.78, 5) is 11.0. The molecule has 0 unspecified atom stereocenters. The minimum atomic E-state index is 0.169. The lowest BCUT2D eigenvalue weighted by Gasteiger charge is -2.08. The normalized spacial score (nSPS) is 9.94. The van der Waals surface area contributed by atoms with Gasteiger partial charge in [-0.1, -0.05) is 12.1 Å². The number of hydrogen-bond donors (Lipinski definition) is 1. The molecule has 2 aromatic rings.